The Labute approximate surface area is 150 Å². The molecule has 1 saturated carbocycles. The molecule has 2 bridgehead atoms. The molecule has 0 radical (unpaired) electrons. The minimum atomic E-state index is 0.0184. The first kappa shape index (κ1) is 16.3. The summed E-state index contributed by atoms with van der Waals surface area (Å²) in [6.07, 6.45) is 4.86. The second kappa shape index (κ2) is 6.64. The Kier molecular flexibility index (Phi) is 4.34. The first-order valence-electron chi connectivity index (χ1n) is 9.31. The molecule has 2 aliphatic heterocycles. The van der Waals surface area contributed by atoms with Gasteiger partial charge in [0.1, 0.15) is 0 Å². The Morgan fingerprint density at radius 2 is 1.64 bits per heavy atom. The number of nitrogens with one attached hydrogen (secondary N) is 1. The zero-order chi connectivity index (χ0) is 17.3. The summed E-state index contributed by atoms with van der Waals surface area (Å²) in [5.74, 6) is 0.845. The molecule has 130 valence electrons. The summed E-state index contributed by atoms with van der Waals surface area (Å²) in [5, 5.41) is 3.39. The number of fused-ring (bicyclic) bond motifs is 3. The number of piperidine rings is 2. The van der Waals surface area contributed by atoms with E-state index in [2.05, 4.69) is 41.5 Å². The standard InChI is InChI=1S/C22H26N2O/c1-24-16-17-12-14-22(24,15-13-17)20(18-8-4-2-5-9-18)23-21(25)19-10-6-3-7-11-19/h2-11,17,20H,12-16H2,1H3,(H,23,25)/t17?,20-,22?/m1/s1. The number of likely N-dealkylation sites (N-methyl/N-ethyl adjacent to an activating group) is 1. The number of amides is 1. The van der Waals surface area contributed by atoms with Gasteiger partial charge in [-0.05, 0) is 56.3 Å². The second-order valence-corrected chi connectivity index (χ2v) is 7.61. The van der Waals surface area contributed by atoms with E-state index in [1.54, 1.807) is 0 Å². The highest BCUT2D eigenvalue weighted by atomic mass is 16.1. The molecule has 2 aromatic rings. The van der Waals surface area contributed by atoms with Crippen LogP contribution in [0, 0.1) is 5.92 Å². The van der Waals surface area contributed by atoms with Crippen LogP contribution in [-0.4, -0.2) is 29.9 Å². The number of nitrogens with zero attached hydrogens (tertiary/aromatic N) is 1. The van der Waals surface area contributed by atoms with E-state index in [0.717, 1.165) is 30.9 Å². The minimum Gasteiger partial charge on any atom is -0.343 e. The van der Waals surface area contributed by atoms with Gasteiger partial charge in [-0.1, -0.05) is 48.5 Å². The van der Waals surface area contributed by atoms with Crippen molar-refractivity contribution in [2.24, 2.45) is 5.92 Å². The van der Waals surface area contributed by atoms with Crippen molar-refractivity contribution < 1.29 is 4.79 Å². The average Bonchev–Trinajstić information content (AvgIpc) is 2.68. The maximum atomic E-state index is 12.9. The minimum absolute atomic E-state index is 0.0184. The molecule has 3 fully saturated rings. The number of rotatable bonds is 4. The number of carbonyl (C=O) groups excluding carboxylic acids is 1. The van der Waals surface area contributed by atoms with Crippen LogP contribution in [0.15, 0.2) is 60.7 Å². The van der Waals surface area contributed by atoms with Crippen molar-refractivity contribution >= 4 is 5.91 Å². The highest BCUT2D eigenvalue weighted by molar-refractivity contribution is 5.94. The normalized spacial score (nSPS) is 27.0. The fourth-order valence-electron chi connectivity index (χ4n) is 4.80. The Bertz CT molecular complexity index is 720. The summed E-state index contributed by atoms with van der Waals surface area (Å²) in [6.45, 7) is 1.14. The monoisotopic (exact) mass is 334 g/mol. The van der Waals surface area contributed by atoms with Crippen LogP contribution in [0.1, 0.15) is 47.6 Å². The van der Waals surface area contributed by atoms with Crippen molar-refractivity contribution in [2.45, 2.75) is 37.3 Å². The Morgan fingerprint density at radius 1 is 1.04 bits per heavy atom. The van der Waals surface area contributed by atoms with Crippen molar-refractivity contribution in [1.82, 2.24) is 10.2 Å². The molecular weight excluding hydrogens is 308 g/mol. The zero-order valence-corrected chi connectivity index (χ0v) is 14.8. The summed E-state index contributed by atoms with van der Waals surface area (Å²) in [6, 6.07) is 20.1. The predicted octanol–water partition coefficient (Wildman–Crippen LogP) is 4.03. The largest absolute Gasteiger partial charge is 0.343 e. The lowest BCUT2D eigenvalue weighted by atomic mass is 9.66. The number of benzene rings is 2. The van der Waals surface area contributed by atoms with Crippen molar-refractivity contribution in [3.05, 3.63) is 71.8 Å². The summed E-state index contributed by atoms with van der Waals surface area (Å²) in [5.41, 5.74) is 1.96. The molecule has 0 spiro atoms. The van der Waals surface area contributed by atoms with E-state index < -0.39 is 0 Å². The van der Waals surface area contributed by atoms with E-state index in [-0.39, 0.29) is 17.5 Å². The van der Waals surface area contributed by atoms with E-state index in [1.165, 1.54) is 18.4 Å². The molecule has 3 heteroatoms. The van der Waals surface area contributed by atoms with Crippen molar-refractivity contribution in [3.8, 4) is 0 Å². The lowest BCUT2D eigenvalue weighted by Gasteiger charge is -2.57. The van der Waals surface area contributed by atoms with Gasteiger partial charge in [0.25, 0.3) is 5.91 Å². The quantitative estimate of drug-likeness (QED) is 0.915. The van der Waals surface area contributed by atoms with Gasteiger partial charge in [0.05, 0.1) is 6.04 Å². The van der Waals surface area contributed by atoms with Gasteiger partial charge in [-0.2, -0.15) is 0 Å². The summed E-state index contributed by atoms with van der Waals surface area (Å²) in [7, 11) is 2.23. The molecule has 2 heterocycles. The molecule has 1 aliphatic carbocycles. The zero-order valence-electron chi connectivity index (χ0n) is 14.8. The van der Waals surface area contributed by atoms with Crippen LogP contribution in [0.3, 0.4) is 0 Å². The average molecular weight is 334 g/mol. The molecule has 5 rings (SSSR count). The third-order valence-corrected chi connectivity index (χ3v) is 6.24. The topological polar surface area (TPSA) is 32.3 Å². The molecule has 1 amide bonds. The fourth-order valence-corrected chi connectivity index (χ4v) is 4.80. The highest BCUT2D eigenvalue weighted by Gasteiger charge is 2.50. The summed E-state index contributed by atoms with van der Waals surface area (Å²) >= 11 is 0. The Morgan fingerprint density at radius 3 is 2.24 bits per heavy atom. The SMILES string of the molecule is CN1CC2CCC1([C@H](NC(=O)c1ccccc1)c1ccccc1)CC2. The highest BCUT2D eigenvalue weighted by Crippen LogP contribution is 2.48. The van der Waals surface area contributed by atoms with E-state index >= 15 is 0 Å². The summed E-state index contributed by atoms with van der Waals surface area (Å²) < 4.78 is 0. The Balaban J connectivity index is 1.69. The van der Waals surface area contributed by atoms with Crippen molar-refractivity contribution in [1.29, 1.82) is 0 Å². The van der Waals surface area contributed by atoms with E-state index in [4.69, 9.17) is 0 Å². The maximum Gasteiger partial charge on any atom is 0.251 e. The number of hydrogen-bond donors (Lipinski definition) is 1. The van der Waals surface area contributed by atoms with Crippen LogP contribution in [0.25, 0.3) is 0 Å². The van der Waals surface area contributed by atoms with Gasteiger partial charge >= 0.3 is 0 Å². The number of hydrogen-bond acceptors (Lipinski definition) is 2. The number of carbonyl (C=O) groups is 1. The van der Waals surface area contributed by atoms with Gasteiger partial charge in [0.2, 0.25) is 0 Å². The van der Waals surface area contributed by atoms with Crippen molar-refractivity contribution in [3.63, 3.8) is 0 Å². The lowest BCUT2D eigenvalue weighted by Crippen LogP contribution is -2.62. The van der Waals surface area contributed by atoms with Gasteiger partial charge in [-0.3, -0.25) is 9.69 Å². The second-order valence-electron chi connectivity index (χ2n) is 7.61. The molecular formula is C22H26N2O. The molecule has 2 saturated heterocycles. The van der Waals surface area contributed by atoms with Gasteiger partial charge in [0.15, 0.2) is 0 Å². The molecule has 3 aliphatic rings. The molecule has 25 heavy (non-hydrogen) atoms. The third kappa shape index (κ3) is 2.98. The first-order chi connectivity index (χ1) is 12.2. The Hall–Kier alpha value is -2.13. The van der Waals surface area contributed by atoms with E-state index in [1.807, 2.05) is 36.4 Å². The van der Waals surface area contributed by atoms with Gasteiger partial charge in [-0.25, -0.2) is 0 Å². The van der Waals surface area contributed by atoms with E-state index in [9.17, 15) is 4.79 Å². The van der Waals surface area contributed by atoms with Crippen LogP contribution < -0.4 is 5.32 Å². The van der Waals surface area contributed by atoms with Crippen LogP contribution in [0.5, 0.6) is 0 Å². The fraction of sp³-hybridized carbons (Fsp3) is 0.409. The van der Waals surface area contributed by atoms with Crippen LogP contribution in [0.4, 0.5) is 0 Å². The maximum absolute atomic E-state index is 12.9. The summed E-state index contributed by atoms with van der Waals surface area (Å²) in [4.78, 5) is 15.4. The van der Waals surface area contributed by atoms with Gasteiger partial charge < -0.3 is 5.32 Å². The van der Waals surface area contributed by atoms with Crippen molar-refractivity contribution in [2.75, 3.05) is 13.6 Å². The molecule has 0 unspecified atom stereocenters. The molecule has 1 atom stereocenters. The third-order valence-electron chi connectivity index (χ3n) is 6.24. The van der Waals surface area contributed by atoms with Crippen LogP contribution >= 0.6 is 0 Å². The van der Waals surface area contributed by atoms with E-state index in [0.29, 0.717) is 0 Å². The molecule has 1 N–H and O–H groups in total. The lowest BCUT2D eigenvalue weighted by molar-refractivity contribution is -0.0404. The smallest absolute Gasteiger partial charge is 0.251 e. The predicted molar refractivity (Wildman–Crippen MR) is 100 cm³/mol. The molecule has 3 nitrogen and oxygen atoms in total. The van der Waals surface area contributed by atoms with Crippen LogP contribution in [0.2, 0.25) is 0 Å². The van der Waals surface area contributed by atoms with Gasteiger partial charge in [-0.15, -0.1) is 0 Å². The van der Waals surface area contributed by atoms with Crippen LogP contribution in [-0.2, 0) is 0 Å². The van der Waals surface area contributed by atoms with Gasteiger partial charge in [0, 0.05) is 17.6 Å². The molecule has 0 aromatic heterocycles. The molecule has 2 aromatic carbocycles. The first-order valence-corrected chi connectivity index (χ1v) is 9.31.